The molecule has 1 aromatic carbocycles. The maximum absolute atomic E-state index is 12.2. The van der Waals surface area contributed by atoms with Crippen LogP contribution in [0.25, 0.3) is 0 Å². The molecule has 0 unspecified atom stereocenters. The normalized spacial score (nSPS) is 17.1. The molecule has 0 bridgehead atoms. The zero-order valence-corrected chi connectivity index (χ0v) is 14.2. The van der Waals surface area contributed by atoms with Gasteiger partial charge >= 0.3 is 0 Å². The molecule has 1 amide bonds. The molecule has 110 valence electrons. The van der Waals surface area contributed by atoms with Crippen LogP contribution in [0.1, 0.15) is 30.1 Å². The summed E-state index contributed by atoms with van der Waals surface area (Å²) in [6.07, 6.45) is 2.34. The van der Waals surface area contributed by atoms with Gasteiger partial charge in [0.05, 0.1) is 5.56 Å². The van der Waals surface area contributed by atoms with Gasteiger partial charge in [0, 0.05) is 15.9 Å². The molecule has 1 fully saturated rings. The minimum Gasteiger partial charge on any atom is -0.352 e. The molecule has 5 heteroatoms. The van der Waals surface area contributed by atoms with Crippen LogP contribution in [0.15, 0.2) is 27.6 Å². The molecule has 0 aliphatic carbocycles. The van der Waals surface area contributed by atoms with Gasteiger partial charge in [0.2, 0.25) is 0 Å². The van der Waals surface area contributed by atoms with Crippen LogP contribution in [0.3, 0.4) is 0 Å². The number of carbonyl (C=O) groups is 1. The van der Waals surface area contributed by atoms with Gasteiger partial charge in [0.1, 0.15) is 0 Å². The SMILES string of the molecule is CCN1CCC(CNC(=O)c2ccc(Br)cc2S)CC1. The summed E-state index contributed by atoms with van der Waals surface area (Å²) in [5.41, 5.74) is 0.641. The number of halogens is 1. The van der Waals surface area contributed by atoms with E-state index in [4.69, 9.17) is 0 Å². The van der Waals surface area contributed by atoms with Gasteiger partial charge < -0.3 is 10.2 Å². The Hall–Kier alpha value is -0.520. The standard InChI is InChI=1S/C15H21BrN2OS/c1-2-18-7-5-11(6-8-18)10-17-15(19)13-4-3-12(16)9-14(13)20/h3-4,9,11,20H,2,5-8,10H2,1H3,(H,17,19). The summed E-state index contributed by atoms with van der Waals surface area (Å²) in [5, 5.41) is 3.04. The van der Waals surface area contributed by atoms with E-state index in [1.54, 1.807) is 6.07 Å². The fourth-order valence-corrected chi connectivity index (χ4v) is 3.39. The van der Waals surface area contributed by atoms with E-state index in [0.29, 0.717) is 16.4 Å². The molecule has 1 saturated heterocycles. The molecule has 0 atom stereocenters. The molecule has 2 rings (SSSR count). The summed E-state index contributed by atoms with van der Waals surface area (Å²) in [6, 6.07) is 5.52. The maximum atomic E-state index is 12.2. The third-order valence-corrected chi connectivity index (χ3v) is 4.77. The highest BCUT2D eigenvalue weighted by Gasteiger charge is 2.19. The highest BCUT2D eigenvalue weighted by Crippen LogP contribution is 2.20. The molecule has 1 aliphatic rings. The Kier molecular flexibility index (Phi) is 5.93. The third kappa shape index (κ3) is 4.24. The van der Waals surface area contributed by atoms with Crippen LogP contribution < -0.4 is 5.32 Å². The van der Waals surface area contributed by atoms with Crippen LogP contribution in [-0.4, -0.2) is 37.0 Å². The van der Waals surface area contributed by atoms with Gasteiger partial charge in [-0.1, -0.05) is 22.9 Å². The van der Waals surface area contributed by atoms with Crippen LogP contribution in [0, 0.1) is 5.92 Å². The summed E-state index contributed by atoms with van der Waals surface area (Å²) >= 11 is 7.73. The number of likely N-dealkylation sites (tertiary alicyclic amines) is 1. The quantitative estimate of drug-likeness (QED) is 0.812. The maximum Gasteiger partial charge on any atom is 0.252 e. The lowest BCUT2D eigenvalue weighted by Gasteiger charge is -2.31. The fourth-order valence-electron chi connectivity index (χ4n) is 2.54. The van der Waals surface area contributed by atoms with Crippen molar-refractivity contribution in [3.05, 3.63) is 28.2 Å². The molecule has 0 spiro atoms. The van der Waals surface area contributed by atoms with E-state index >= 15 is 0 Å². The first-order valence-corrected chi connectivity index (χ1v) is 8.33. The molecular formula is C15H21BrN2OS. The van der Waals surface area contributed by atoms with Crippen LogP contribution in [0.4, 0.5) is 0 Å². The Labute approximate surface area is 134 Å². The number of hydrogen-bond acceptors (Lipinski definition) is 3. The van der Waals surface area contributed by atoms with Crippen LogP contribution >= 0.6 is 28.6 Å². The van der Waals surface area contributed by atoms with Gasteiger partial charge in [0.25, 0.3) is 5.91 Å². The predicted molar refractivity (Wildman–Crippen MR) is 88.6 cm³/mol. The van der Waals surface area contributed by atoms with Crippen molar-refractivity contribution in [2.75, 3.05) is 26.2 Å². The summed E-state index contributed by atoms with van der Waals surface area (Å²) in [6.45, 7) is 6.38. The van der Waals surface area contributed by atoms with Gasteiger partial charge in [-0.05, 0) is 56.6 Å². The van der Waals surface area contributed by atoms with Gasteiger partial charge in [-0.15, -0.1) is 12.6 Å². The van der Waals surface area contributed by atoms with Crippen LogP contribution in [-0.2, 0) is 0 Å². The van der Waals surface area contributed by atoms with Gasteiger partial charge in [-0.3, -0.25) is 4.79 Å². The molecule has 0 aromatic heterocycles. The molecule has 0 radical (unpaired) electrons. The number of rotatable bonds is 4. The number of carbonyl (C=O) groups excluding carboxylic acids is 1. The second-order valence-electron chi connectivity index (χ2n) is 5.25. The molecule has 1 N–H and O–H groups in total. The Bertz CT molecular complexity index is 473. The molecule has 1 aliphatic heterocycles. The third-order valence-electron chi connectivity index (χ3n) is 3.91. The number of piperidine rings is 1. The molecule has 1 aromatic rings. The monoisotopic (exact) mass is 356 g/mol. The van der Waals surface area contributed by atoms with E-state index in [1.165, 1.54) is 12.8 Å². The van der Waals surface area contributed by atoms with Crippen molar-refractivity contribution in [2.24, 2.45) is 5.92 Å². The minimum atomic E-state index is -0.0274. The number of benzene rings is 1. The van der Waals surface area contributed by atoms with E-state index in [0.717, 1.165) is 30.7 Å². The average Bonchev–Trinajstić information content (AvgIpc) is 2.45. The van der Waals surface area contributed by atoms with Crippen molar-refractivity contribution in [1.82, 2.24) is 10.2 Å². The first-order chi connectivity index (χ1) is 9.60. The zero-order chi connectivity index (χ0) is 14.5. The van der Waals surface area contributed by atoms with E-state index in [-0.39, 0.29) is 5.91 Å². The number of amides is 1. The van der Waals surface area contributed by atoms with Gasteiger partial charge in [-0.25, -0.2) is 0 Å². The van der Waals surface area contributed by atoms with Crippen molar-refractivity contribution in [3.8, 4) is 0 Å². The molecule has 0 saturated carbocycles. The second kappa shape index (κ2) is 7.48. The Morgan fingerprint density at radius 2 is 2.15 bits per heavy atom. The highest BCUT2D eigenvalue weighted by atomic mass is 79.9. The van der Waals surface area contributed by atoms with Crippen molar-refractivity contribution >= 4 is 34.5 Å². The Morgan fingerprint density at radius 1 is 1.45 bits per heavy atom. The topological polar surface area (TPSA) is 32.3 Å². The highest BCUT2D eigenvalue weighted by molar-refractivity contribution is 9.10. The van der Waals surface area contributed by atoms with E-state index < -0.39 is 0 Å². The number of hydrogen-bond donors (Lipinski definition) is 2. The van der Waals surface area contributed by atoms with E-state index in [1.807, 2.05) is 12.1 Å². The zero-order valence-electron chi connectivity index (χ0n) is 11.7. The average molecular weight is 357 g/mol. The number of nitrogens with one attached hydrogen (secondary N) is 1. The van der Waals surface area contributed by atoms with Gasteiger partial charge in [-0.2, -0.15) is 0 Å². The lowest BCUT2D eigenvalue weighted by Crippen LogP contribution is -2.38. The first-order valence-electron chi connectivity index (χ1n) is 7.09. The summed E-state index contributed by atoms with van der Waals surface area (Å²) < 4.78 is 0.936. The first kappa shape index (κ1) is 15.9. The van der Waals surface area contributed by atoms with Crippen molar-refractivity contribution < 1.29 is 4.79 Å². The minimum absolute atomic E-state index is 0.0274. The van der Waals surface area contributed by atoms with E-state index in [2.05, 4.69) is 45.7 Å². The van der Waals surface area contributed by atoms with Crippen LogP contribution in [0.2, 0.25) is 0 Å². The van der Waals surface area contributed by atoms with Crippen molar-refractivity contribution in [1.29, 1.82) is 0 Å². The lowest BCUT2D eigenvalue weighted by atomic mass is 9.97. The van der Waals surface area contributed by atoms with Crippen LogP contribution in [0.5, 0.6) is 0 Å². The van der Waals surface area contributed by atoms with Crippen molar-refractivity contribution in [3.63, 3.8) is 0 Å². The molecular weight excluding hydrogens is 336 g/mol. The molecule has 20 heavy (non-hydrogen) atoms. The fraction of sp³-hybridized carbons (Fsp3) is 0.533. The van der Waals surface area contributed by atoms with E-state index in [9.17, 15) is 4.79 Å². The number of nitrogens with zero attached hydrogens (tertiary/aromatic N) is 1. The molecule has 1 heterocycles. The lowest BCUT2D eigenvalue weighted by molar-refractivity contribution is 0.0934. The summed E-state index contributed by atoms with van der Waals surface area (Å²) in [7, 11) is 0. The van der Waals surface area contributed by atoms with Gasteiger partial charge in [0.15, 0.2) is 0 Å². The summed E-state index contributed by atoms with van der Waals surface area (Å²) in [4.78, 5) is 15.3. The number of thiol groups is 1. The second-order valence-corrected chi connectivity index (χ2v) is 6.65. The Balaban J connectivity index is 1.83. The predicted octanol–water partition coefficient (Wildman–Crippen LogP) is 3.20. The largest absolute Gasteiger partial charge is 0.352 e. The molecule has 3 nitrogen and oxygen atoms in total. The summed E-state index contributed by atoms with van der Waals surface area (Å²) in [5.74, 6) is 0.570. The van der Waals surface area contributed by atoms with Crippen molar-refractivity contribution in [2.45, 2.75) is 24.7 Å². The smallest absolute Gasteiger partial charge is 0.252 e. The Morgan fingerprint density at radius 3 is 2.75 bits per heavy atom.